The number of rotatable bonds is 7. The van der Waals surface area contributed by atoms with Crippen molar-refractivity contribution in [3.8, 4) is 5.75 Å². The number of aryl methyl sites for hydroxylation is 1. The molecule has 1 amide bonds. The molecule has 0 atom stereocenters. The van der Waals surface area contributed by atoms with Crippen LogP contribution in [0.1, 0.15) is 24.8 Å². The molecule has 1 aliphatic carbocycles. The number of nitrogens with one attached hydrogen (secondary N) is 1. The summed E-state index contributed by atoms with van der Waals surface area (Å²) in [5, 5.41) is 2.93. The van der Waals surface area contributed by atoms with Gasteiger partial charge in [0.05, 0.1) is 6.61 Å². The van der Waals surface area contributed by atoms with E-state index < -0.39 is 0 Å². The van der Waals surface area contributed by atoms with Gasteiger partial charge in [-0.1, -0.05) is 30.3 Å². The van der Waals surface area contributed by atoms with E-state index in [1.54, 1.807) is 0 Å². The summed E-state index contributed by atoms with van der Waals surface area (Å²) in [5.74, 6) is 1.21. The molecule has 0 aliphatic heterocycles. The molecule has 114 valence electrons. The molecule has 0 spiro atoms. The first kappa shape index (κ1) is 14.6. The van der Waals surface area contributed by atoms with E-state index in [-0.39, 0.29) is 11.8 Å². The number of hydrogen-bond donors (Lipinski definition) is 1. The minimum absolute atomic E-state index is 0.136. The summed E-state index contributed by atoms with van der Waals surface area (Å²) >= 11 is 0. The Morgan fingerprint density at radius 3 is 2.45 bits per heavy atom. The fourth-order valence-corrected chi connectivity index (χ4v) is 2.34. The molecule has 0 radical (unpaired) electrons. The van der Waals surface area contributed by atoms with Crippen molar-refractivity contribution in [2.75, 3.05) is 11.9 Å². The van der Waals surface area contributed by atoms with Gasteiger partial charge < -0.3 is 10.1 Å². The standard InChI is InChI=1S/C19H21NO2/c21-19(16-8-9-16)20-17-10-12-18(13-11-17)22-14-4-7-15-5-2-1-3-6-15/h1-3,5-6,10-13,16H,4,7-9,14H2,(H,20,21). The quantitative estimate of drug-likeness (QED) is 0.783. The van der Waals surface area contributed by atoms with Crippen LogP contribution in [0.5, 0.6) is 5.75 Å². The molecule has 0 bridgehead atoms. The third-order valence-electron chi connectivity index (χ3n) is 3.79. The van der Waals surface area contributed by atoms with Crippen molar-refractivity contribution >= 4 is 11.6 Å². The van der Waals surface area contributed by atoms with Gasteiger partial charge in [-0.25, -0.2) is 0 Å². The molecule has 2 aromatic rings. The summed E-state index contributed by atoms with van der Waals surface area (Å²) in [7, 11) is 0. The van der Waals surface area contributed by atoms with Gasteiger partial charge in [-0.15, -0.1) is 0 Å². The average molecular weight is 295 g/mol. The first-order valence-electron chi connectivity index (χ1n) is 7.89. The highest BCUT2D eigenvalue weighted by atomic mass is 16.5. The fraction of sp³-hybridized carbons (Fsp3) is 0.316. The number of amides is 1. The number of carbonyl (C=O) groups excluding carboxylic acids is 1. The normalized spacial score (nSPS) is 13.6. The smallest absolute Gasteiger partial charge is 0.227 e. The molecule has 1 N–H and O–H groups in total. The maximum atomic E-state index is 11.7. The largest absolute Gasteiger partial charge is 0.494 e. The zero-order chi connectivity index (χ0) is 15.2. The number of carbonyl (C=O) groups is 1. The molecule has 0 unspecified atom stereocenters. The lowest BCUT2D eigenvalue weighted by atomic mass is 10.1. The lowest BCUT2D eigenvalue weighted by Crippen LogP contribution is -2.13. The molecular weight excluding hydrogens is 274 g/mol. The van der Waals surface area contributed by atoms with Gasteiger partial charge in [-0.2, -0.15) is 0 Å². The summed E-state index contributed by atoms with van der Waals surface area (Å²) < 4.78 is 5.73. The molecule has 1 aliphatic rings. The summed E-state index contributed by atoms with van der Waals surface area (Å²) in [4.78, 5) is 11.7. The van der Waals surface area contributed by atoms with Gasteiger partial charge in [-0.05, 0) is 55.5 Å². The molecule has 3 heteroatoms. The number of anilines is 1. The maximum absolute atomic E-state index is 11.7. The van der Waals surface area contributed by atoms with E-state index in [9.17, 15) is 4.79 Å². The second kappa shape index (κ2) is 7.12. The van der Waals surface area contributed by atoms with Crippen LogP contribution in [-0.2, 0) is 11.2 Å². The third kappa shape index (κ3) is 4.35. The minimum atomic E-state index is 0.136. The highest BCUT2D eigenvalue weighted by Crippen LogP contribution is 2.30. The molecule has 3 nitrogen and oxygen atoms in total. The van der Waals surface area contributed by atoms with Crippen molar-refractivity contribution in [1.29, 1.82) is 0 Å². The van der Waals surface area contributed by atoms with Gasteiger partial charge >= 0.3 is 0 Å². The molecule has 1 fully saturated rings. The molecule has 0 heterocycles. The van der Waals surface area contributed by atoms with E-state index >= 15 is 0 Å². The van der Waals surface area contributed by atoms with Gasteiger partial charge in [0.25, 0.3) is 0 Å². The highest BCUT2D eigenvalue weighted by Gasteiger charge is 2.29. The lowest BCUT2D eigenvalue weighted by Gasteiger charge is -2.08. The third-order valence-corrected chi connectivity index (χ3v) is 3.79. The summed E-state index contributed by atoms with van der Waals surface area (Å²) in [6.07, 6.45) is 4.06. The van der Waals surface area contributed by atoms with Crippen LogP contribution in [0.15, 0.2) is 54.6 Å². The maximum Gasteiger partial charge on any atom is 0.227 e. The minimum Gasteiger partial charge on any atom is -0.494 e. The van der Waals surface area contributed by atoms with Crippen LogP contribution in [0.2, 0.25) is 0 Å². The van der Waals surface area contributed by atoms with Crippen LogP contribution in [0.3, 0.4) is 0 Å². The molecule has 2 aromatic carbocycles. The lowest BCUT2D eigenvalue weighted by molar-refractivity contribution is -0.117. The summed E-state index contributed by atoms with van der Waals surface area (Å²) in [6.45, 7) is 0.697. The van der Waals surface area contributed by atoms with Crippen molar-refractivity contribution in [2.45, 2.75) is 25.7 Å². The second-order valence-electron chi connectivity index (χ2n) is 5.73. The van der Waals surface area contributed by atoms with Crippen LogP contribution in [0, 0.1) is 5.92 Å². The Morgan fingerprint density at radius 2 is 1.77 bits per heavy atom. The SMILES string of the molecule is O=C(Nc1ccc(OCCCc2ccccc2)cc1)C1CC1. The molecule has 3 rings (SSSR count). The van der Waals surface area contributed by atoms with E-state index in [0.29, 0.717) is 6.61 Å². The molecule has 0 aromatic heterocycles. The van der Waals surface area contributed by atoms with Crippen LogP contribution < -0.4 is 10.1 Å². The number of benzene rings is 2. The predicted molar refractivity (Wildman–Crippen MR) is 88.1 cm³/mol. The van der Waals surface area contributed by atoms with Crippen LogP contribution >= 0.6 is 0 Å². The summed E-state index contributed by atoms with van der Waals surface area (Å²) in [6, 6.07) is 18.0. The van der Waals surface area contributed by atoms with Gasteiger partial charge in [0.2, 0.25) is 5.91 Å². The van der Waals surface area contributed by atoms with Gasteiger partial charge in [0.1, 0.15) is 5.75 Å². The van der Waals surface area contributed by atoms with E-state index in [1.165, 1.54) is 5.56 Å². The molecule has 1 saturated carbocycles. The molecular formula is C19H21NO2. The number of ether oxygens (including phenoxy) is 1. The fourth-order valence-electron chi connectivity index (χ4n) is 2.34. The van der Waals surface area contributed by atoms with Crippen molar-refractivity contribution < 1.29 is 9.53 Å². The van der Waals surface area contributed by atoms with Crippen molar-refractivity contribution in [1.82, 2.24) is 0 Å². The Kier molecular flexibility index (Phi) is 4.74. The topological polar surface area (TPSA) is 38.3 Å². The van der Waals surface area contributed by atoms with E-state index in [2.05, 4.69) is 29.6 Å². The van der Waals surface area contributed by atoms with Gasteiger partial charge in [0.15, 0.2) is 0 Å². The van der Waals surface area contributed by atoms with Gasteiger partial charge in [0, 0.05) is 11.6 Å². The highest BCUT2D eigenvalue weighted by molar-refractivity contribution is 5.94. The summed E-state index contributed by atoms with van der Waals surface area (Å²) in [5.41, 5.74) is 2.18. The molecule has 0 saturated heterocycles. The van der Waals surface area contributed by atoms with Crippen molar-refractivity contribution in [2.24, 2.45) is 5.92 Å². The Labute approximate surface area is 131 Å². The Morgan fingerprint density at radius 1 is 1.05 bits per heavy atom. The molecule has 22 heavy (non-hydrogen) atoms. The Hall–Kier alpha value is -2.29. The van der Waals surface area contributed by atoms with Gasteiger partial charge in [-0.3, -0.25) is 4.79 Å². The van der Waals surface area contributed by atoms with Crippen LogP contribution in [0.4, 0.5) is 5.69 Å². The predicted octanol–water partition coefficient (Wildman–Crippen LogP) is 4.05. The van der Waals surface area contributed by atoms with Crippen LogP contribution in [-0.4, -0.2) is 12.5 Å². The first-order chi connectivity index (χ1) is 10.8. The first-order valence-corrected chi connectivity index (χ1v) is 7.89. The Balaban J connectivity index is 1.40. The van der Waals surface area contributed by atoms with Crippen molar-refractivity contribution in [3.05, 3.63) is 60.2 Å². The zero-order valence-electron chi connectivity index (χ0n) is 12.6. The number of hydrogen-bond acceptors (Lipinski definition) is 2. The van der Waals surface area contributed by atoms with Crippen LogP contribution in [0.25, 0.3) is 0 Å². The zero-order valence-corrected chi connectivity index (χ0v) is 12.6. The average Bonchev–Trinajstić information content (AvgIpc) is 3.39. The van der Waals surface area contributed by atoms with E-state index in [0.717, 1.165) is 37.1 Å². The monoisotopic (exact) mass is 295 g/mol. The van der Waals surface area contributed by atoms with E-state index in [1.807, 2.05) is 30.3 Å². The second-order valence-corrected chi connectivity index (χ2v) is 5.73. The van der Waals surface area contributed by atoms with Crippen molar-refractivity contribution in [3.63, 3.8) is 0 Å². The van der Waals surface area contributed by atoms with E-state index in [4.69, 9.17) is 4.74 Å². The Bertz CT molecular complexity index is 603.